The van der Waals surface area contributed by atoms with Crippen LogP contribution in [-0.2, 0) is 6.54 Å². The second-order valence-electron chi connectivity index (χ2n) is 5.50. The van der Waals surface area contributed by atoms with E-state index >= 15 is 0 Å². The second kappa shape index (κ2) is 5.91. The molecule has 0 fully saturated rings. The molecule has 2 rings (SSSR count). The van der Waals surface area contributed by atoms with Gasteiger partial charge in [-0.25, -0.2) is 9.48 Å². The predicted octanol–water partition coefficient (Wildman–Crippen LogP) is 2.57. The molecule has 21 heavy (non-hydrogen) atoms. The molecule has 0 saturated heterocycles. The molecule has 1 N–H and O–H groups in total. The van der Waals surface area contributed by atoms with Crippen LogP contribution in [0.5, 0.6) is 0 Å². The smallest absolute Gasteiger partial charge is 0.341 e. The van der Waals surface area contributed by atoms with Crippen LogP contribution in [0.25, 0.3) is 11.3 Å². The SMILES string of the molecule is Cc1ccc(-c2cc(C(=O)O)c(=O)n(CC(C)C)n2)cc1. The van der Waals surface area contributed by atoms with Crippen LogP contribution < -0.4 is 5.56 Å². The van der Waals surface area contributed by atoms with Crippen molar-refractivity contribution in [1.29, 1.82) is 0 Å². The molecular formula is C16H18N2O3. The lowest BCUT2D eigenvalue weighted by atomic mass is 10.1. The van der Waals surface area contributed by atoms with E-state index in [0.29, 0.717) is 12.2 Å². The number of carbonyl (C=O) groups is 1. The van der Waals surface area contributed by atoms with Crippen LogP contribution in [0.1, 0.15) is 29.8 Å². The minimum absolute atomic E-state index is 0.199. The molecule has 1 heterocycles. The first-order valence-corrected chi connectivity index (χ1v) is 6.81. The van der Waals surface area contributed by atoms with Crippen molar-refractivity contribution in [3.05, 3.63) is 51.8 Å². The Balaban J connectivity index is 2.61. The summed E-state index contributed by atoms with van der Waals surface area (Å²) in [5.74, 6) is -1.03. The quantitative estimate of drug-likeness (QED) is 0.937. The maximum absolute atomic E-state index is 12.1. The third-order valence-electron chi connectivity index (χ3n) is 3.09. The van der Waals surface area contributed by atoms with Gasteiger partial charge in [0.2, 0.25) is 0 Å². The van der Waals surface area contributed by atoms with Gasteiger partial charge in [-0.05, 0) is 18.9 Å². The van der Waals surface area contributed by atoms with Crippen molar-refractivity contribution in [2.24, 2.45) is 5.92 Å². The van der Waals surface area contributed by atoms with Crippen LogP contribution in [-0.4, -0.2) is 20.9 Å². The zero-order valence-corrected chi connectivity index (χ0v) is 12.3. The van der Waals surface area contributed by atoms with E-state index in [9.17, 15) is 14.7 Å². The second-order valence-corrected chi connectivity index (χ2v) is 5.50. The maximum Gasteiger partial charge on any atom is 0.341 e. The number of aryl methyl sites for hydroxylation is 1. The molecule has 0 atom stereocenters. The van der Waals surface area contributed by atoms with Gasteiger partial charge in [-0.15, -0.1) is 0 Å². The van der Waals surface area contributed by atoms with Gasteiger partial charge in [-0.1, -0.05) is 43.7 Å². The molecule has 1 aromatic carbocycles. The summed E-state index contributed by atoms with van der Waals surface area (Å²) >= 11 is 0. The van der Waals surface area contributed by atoms with E-state index in [2.05, 4.69) is 5.10 Å². The van der Waals surface area contributed by atoms with Crippen LogP contribution in [0.3, 0.4) is 0 Å². The fourth-order valence-electron chi connectivity index (χ4n) is 2.03. The zero-order chi connectivity index (χ0) is 15.6. The van der Waals surface area contributed by atoms with Gasteiger partial charge in [0, 0.05) is 12.1 Å². The van der Waals surface area contributed by atoms with Crippen LogP contribution in [0.4, 0.5) is 0 Å². The van der Waals surface area contributed by atoms with Crippen molar-refractivity contribution >= 4 is 5.97 Å². The number of hydrogen-bond acceptors (Lipinski definition) is 3. The molecule has 5 heteroatoms. The first-order valence-electron chi connectivity index (χ1n) is 6.81. The highest BCUT2D eigenvalue weighted by Crippen LogP contribution is 2.17. The Morgan fingerprint density at radius 2 is 1.90 bits per heavy atom. The van der Waals surface area contributed by atoms with Gasteiger partial charge in [0.05, 0.1) is 5.69 Å². The molecule has 0 bridgehead atoms. The molecule has 110 valence electrons. The maximum atomic E-state index is 12.1. The van der Waals surface area contributed by atoms with Crippen molar-refractivity contribution in [2.75, 3.05) is 0 Å². The number of hydrogen-bond donors (Lipinski definition) is 1. The minimum atomic E-state index is -1.23. The lowest BCUT2D eigenvalue weighted by Gasteiger charge is -2.11. The monoisotopic (exact) mass is 286 g/mol. The summed E-state index contributed by atoms with van der Waals surface area (Å²) in [6, 6.07) is 8.93. The van der Waals surface area contributed by atoms with Crippen molar-refractivity contribution in [3.63, 3.8) is 0 Å². The summed E-state index contributed by atoms with van der Waals surface area (Å²) in [7, 11) is 0. The van der Waals surface area contributed by atoms with E-state index in [4.69, 9.17) is 0 Å². The average molecular weight is 286 g/mol. The summed E-state index contributed by atoms with van der Waals surface area (Å²) in [5, 5.41) is 13.5. The predicted molar refractivity (Wildman–Crippen MR) is 80.5 cm³/mol. The molecule has 0 aliphatic rings. The first kappa shape index (κ1) is 15.0. The number of carboxylic acid groups (broad SMARTS) is 1. The van der Waals surface area contributed by atoms with Crippen LogP contribution in [0.2, 0.25) is 0 Å². The Hall–Kier alpha value is -2.43. The minimum Gasteiger partial charge on any atom is -0.477 e. The number of aromatic nitrogens is 2. The highest BCUT2D eigenvalue weighted by atomic mass is 16.4. The first-order chi connectivity index (χ1) is 9.88. The molecule has 0 unspecified atom stereocenters. The van der Waals surface area contributed by atoms with Gasteiger partial charge >= 0.3 is 5.97 Å². The lowest BCUT2D eigenvalue weighted by molar-refractivity contribution is 0.0693. The van der Waals surface area contributed by atoms with E-state index < -0.39 is 11.5 Å². The molecule has 0 radical (unpaired) electrons. The van der Waals surface area contributed by atoms with E-state index in [1.165, 1.54) is 10.7 Å². The highest BCUT2D eigenvalue weighted by Gasteiger charge is 2.15. The third kappa shape index (κ3) is 3.37. The van der Waals surface area contributed by atoms with Crippen LogP contribution in [0.15, 0.2) is 35.1 Å². The summed E-state index contributed by atoms with van der Waals surface area (Å²) < 4.78 is 1.24. The van der Waals surface area contributed by atoms with Gasteiger partial charge in [-0.2, -0.15) is 5.10 Å². The van der Waals surface area contributed by atoms with Gasteiger partial charge in [0.1, 0.15) is 5.56 Å². The number of rotatable bonds is 4. The fourth-order valence-corrected chi connectivity index (χ4v) is 2.03. The number of aromatic carboxylic acids is 1. The number of nitrogens with zero attached hydrogens (tertiary/aromatic N) is 2. The highest BCUT2D eigenvalue weighted by molar-refractivity contribution is 5.88. The van der Waals surface area contributed by atoms with Crippen molar-refractivity contribution in [3.8, 4) is 11.3 Å². The third-order valence-corrected chi connectivity index (χ3v) is 3.09. The molecule has 2 aromatic rings. The van der Waals surface area contributed by atoms with Gasteiger partial charge in [0.15, 0.2) is 0 Å². The molecule has 0 amide bonds. The number of benzene rings is 1. The van der Waals surface area contributed by atoms with Crippen LogP contribution >= 0.6 is 0 Å². The van der Waals surface area contributed by atoms with Gasteiger partial charge in [-0.3, -0.25) is 4.79 Å². The lowest BCUT2D eigenvalue weighted by Crippen LogP contribution is -2.30. The Morgan fingerprint density at radius 1 is 1.29 bits per heavy atom. The number of carboxylic acids is 1. The topological polar surface area (TPSA) is 72.2 Å². The molecule has 0 saturated carbocycles. The van der Waals surface area contributed by atoms with E-state index in [-0.39, 0.29) is 11.5 Å². The standard InChI is InChI=1S/C16H18N2O3/c1-10(2)9-18-15(19)13(16(20)21)8-14(17-18)12-6-4-11(3)5-7-12/h4-8,10H,9H2,1-3H3,(H,20,21). The largest absolute Gasteiger partial charge is 0.477 e. The molecule has 0 aliphatic carbocycles. The molecule has 0 aliphatic heterocycles. The van der Waals surface area contributed by atoms with Crippen molar-refractivity contribution in [2.45, 2.75) is 27.3 Å². The molecule has 1 aromatic heterocycles. The molecule has 5 nitrogen and oxygen atoms in total. The average Bonchev–Trinajstić information content (AvgIpc) is 2.41. The van der Waals surface area contributed by atoms with Crippen molar-refractivity contribution < 1.29 is 9.90 Å². The summed E-state index contributed by atoms with van der Waals surface area (Å²) in [6.07, 6.45) is 0. The normalized spacial score (nSPS) is 10.9. The summed E-state index contributed by atoms with van der Waals surface area (Å²) in [6.45, 7) is 6.26. The molecular weight excluding hydrogens is 268 g/mol. The van der Waals surface area contributed by atoms with E-state index in [0.717, 1.165) is 11.1 Å². The molecule has 0 spiro atoms. The Morgan fingerprint density at radius 3 is 2.43 bits per heavy atom. The Bertz CT molecular complexity index is 715. The van der Waals surface area contributed by atoms with E-state index in [1.807, 2.05) is 45.0 Å². The Labute approximate surface area is 122 Å². The summed E-state index contributed by atoms with van der Waals surface area (Å²) in [5.41, 5.74) is 1.58. The van der Waals surface area contributed by atoms with Gasteiger partial charge < -0.3 is 5.11 Å². The van der Waals surface area contributed by atoms with Crippen LogP contribution in [0, 0.1) is 12.8 Å². The van der Waals surface area contributed by atoms with E-state index in [1.54, 1.807) is 0 Å². The zero-order valence-electron chi connectivity index (χ0n) is 12.3. The fraction of sp³-hybridized carbons (Fsp3) is 0.312. The Kier molecular flexibility index (Phi) is 4.21. The summed E-state index contributed by atoms with van der Waals surface area (Å²) in [4.78, 5) is 23.4. The van der Waals surface area contributed by atoms with Gasteiger partial charge in [0.25, 0.3) is 5.56 Å². The van der Waals surface area contributed by atoms with Crippen molar-refractivity contribution in [1.82, 2.24) is 9.78 Å².